The Balaban J connectivity index is 4.25. The molecule has 0 aromatic rings. The minimum atomic E-state index is -3.49. The Morgan fingerprint density at radius 2 is 1.94 bits per heavy atom. The second-order valence-corrected chi connectivity index (χ2v) is 6.51. The molecule has 1 unspecified atom stereocenters. The van der Waals surface area contributed by atoms with Crippen LogP contribution in [0.1, 0.15) is 20.8 Å². The first-order valence-electron chi connectivity index (χ1n) is 4.80. The van der Waals surface area contributed by atoms with Crippen LogP contribution in [0.15, 0.2) is 0 Å². The Kier molecular flexibility index (Phi) is 5.37. The van der Waals surface area contributed by atoms with Crippen molar-refractivity contribution in [3.05, 3.63) is 0 Å². The minimum absolute atomic E-state index is 0.0755. The third kappa shape index (κ3) is 6.76. The Morgan fingerprint density at radius 3 is 2.31 bits per heavy atom. The molecule has 0 radical (unpaired) electrons. The largest absolute Gasteiger partial charge is 0.467 e. The Hall–Kier alpha value is -0.660. The maximum Gasteiger partial charge on any atom is 0.336 e. The van der Waals surface area contributed by atoms with Crippen LogP contribution in [-0.4, -0.2) is 45.0 Å². The molecule has 0 heterocycles. The van der Waals surface area contributed by atoms with Crippen molar-refractivity contribution in [1.29, 1.82) is 0 Å². The number of carbonyl (C=O) groups is 1. The van der Waals surface area contributed by atoms with Gasteiger partial charge >= 0.3 is 5.97 Å². The van der Waals surface area contributed by atoms with Gasteiger partial charge in [-0.3, -0.25) is 0 Å². The maximum atomic E-state index is 11.5. The van der Waals surface area contributed by atoms with Crippen LogP contribution in [0, 0.1) is 5.41 Å². The van der Waals surface area contributed by atoms with Crippen molar-refractivity contribution < 1.29 is 23.1 Å². The van der Waals surface area contributed by atoms with E-state index < -0.39 is 22.1 Å². The first-order valence-corrected chi connectivity index (χ1v) is 6.46. The lowest BCUT2D eigenvalue weighted by Gasteiger charge is -2.18. The molecule has 0 bridgehead atoms. The van der Waals surface area contributed by atoms with E-state index in [2.05, 4.69) is 9.46 Å². The summed E-state index contributed by atoms with van der Waals surface area (Å²) >= 11 is 0. The monoisotopic (exact) mass is 253 g/mol. The standard InChI is InChI=1S/C9H19NO5S/c1-9(2,3)6-16(13,14)10-5-7(11)8(12)15-4/h7,10-11H,5-6H2,1-4H3. The summed E-state index contributed by atoms with van der Waals surface area (Å²) in [5.74, 6) is -0.938. The molecule has 0 saturated heterocycles. The van der Waals surface area contributed by atoms with E-state index in [0.29, 0.717) is 0 Å². The number of aliphatic hydroxyl groups excluding tert-OH is 1. The molecule has 0 spiro atoms. The van der Waals surface area contributed by atoms with E-state index in [1.807, 2.05) is 0 Å². The SMILES string of the molecule is COC(=O)C(O)CNS(=O)(=O)CC(C)(C)C. The number of methoxy groups -OCH3 is 1. The molecule has 0 rings (SSSR count). The van der Waals surface area contributed by atoms with Gasteiger partial charge < -0.3 is 9.84 Å². The molecule has 0 aliphatic carbocycles. The first-order chi connectivity index (χ1) is 7.07. The Morgan fingerprint density at radius 1 is 1.44 bits per heavy atom. The van der Waals surface area contributed by atoms with Gasteiger partial charge in [0.05, 0.1) is 12.9 Å². The third-order valence-corrected chi connectivity index (χ3v) is 3.45. The van der Waals surface area contributed by atoms with Gasteiger partial charge in [-0.15, -0.1) is 0 Å². The molecule has 1 atom stereocenters. The lowest BCUT2D eigenvalue weighted by atomic mass is 10.0. The van der Waals surface area contributed by atoms with Crippen molar-refractivity contribution in [2.45, 2.75) is 26.9 Å². The quantitative estimate of drug-likeness (QED) is 0.643. The molecule has 0 amide bonds. The molecular formula is C9H19NO5S. The molecule has 0 aromatic carbocycles. The first kappa shape index (κ1) is 15.3. The molecule has 0 saturated carbocycles. The number of hydrogen-bond donors (Lipinski definition) is 2. The topological polar surface area (TPSA) is 92.7 Å². The van der Waals surface area contributed by atoms with Gasteiger partial charge in [0.15, 0.2) is 6.10 Å². The summed E-state index contributed by atoms with van der Waals surface area (Å²) in [6.07, 6.45) is -1.47. The van der Waals surface area contributed by atoms with E-state index in [0.717, 1.165) is 7.11 Å². The zero-order valence-electron chi connectivity index (χ0n) is 9.98. The zero-order chi connectivity index (χ0) is 13.0. The van der Waals surface area contributed by atoms with E-state index >= 15 is 0 Å². The highest BCUT2D eigenvalue weighted by atomic mass is 32.2. The summed E-state index contributed by atoms with van der Waals surface area (Å²) in [4.78, 5) is 10.8. The smallest absolute Gasteiger partial charge is 0.336 e. The van der Waals surface area contributed by atoms with Gasteiger partial charge in [-0.25, -0.2) is 17.9 Å². The van der Waals surface area contributed by atoms with Crippen LogP contribution in [0.25, 0.3) is 0 Å². The predicted molar refractivity (Wildman–Crippen MR) is 59.3 cm³/mol. The molecule has 6 nitrogen and oxygen atoms in total. The number of nitrogens with one attached hydrogen (secondary N) is 1. The molecular weight excluding hydrogens is 234 g/mol. The molecule has 0 aliphatic heterocycles. The normalized spacial score (nSPS) is 14.6. The van der Waals surface area contributed by atoms with Crippen LogP contribution < -0.4 is 4.72 Å². The maximum absolute atomic E-state index is 11.5. The molecule has 16 heavy (non-hydrogen) atoms. The van der Waals surface area contributed by atoms with Gasteiger partial charge in [0.2, 0.25) is 10.0 Å². The fourth-order valence-electron chi connectivity index (χ4n) is 1.05. The molecule has 0 fully saturated rings. The average molecular weight is 253 g/mol. The van der Waals surface area contributed by atoms with Crippen molar-refractivity contribution in [1.82, 2.24) is 4.72 Å². The van der Waals surface area contributed by atoms with Crippen molar-refractivity contribution in [2.75, 3.05) is 19.4 Å². The van der Waals surface area contributed by atoms with Crippen LogP contribution >= 0.6 is 0 Å². The fourth-order valence-corrected chi connectivity index (χ4v) is 2.70. The summed E-state index contributed by atoms with van der Waals surface area (Å²) in [6, 6.07) is 0. The van der Waals surface area contributed by atoms with Gasteiger partial charge in [-0.05, 0) is 5.41 Å². The van der Waals surface area contributed by atoms with Gasteiger partial charge in [-0.2, -0.15) is 0 Å². The zero-order valence-corrected chi connectivity index (χ0v) is 10.8. The molecule has 0 aromatic heterocycles. The van der Waals surface area contributed by atoms with Crippen LogP contribution in [0.4, 0.5) is 0 Å². The summed E-state index contributed by atoms with van der Waals surface area (Å²) in [5, 5.41) is 9.18. The number of aliphatic hydroxyl groups is 1. The van der Waals surface area contributed by atoms with E-state index in [4.69, 9.17) is 0 Å². The van der Waals surface area contributed by atoms with Gasteiger partial charge in [0, 0.05) is 6.54 Å². The lowest BCUT2D eigenvalue weighted by molar-refractivity contribution is -0.149. The van der Waals surface area contributed by atoms with Crippen molar-refractivity contribution in [3.63, 3.8) is 0 Å². The lowest BCUT2D eigenvalue weighted by Crippen LogP contribution is -2.40. The van der Waals surface area contributed by atoms with E-state index in [-0.39, 0.29) is 17.7 Å². The molecule has 2 N–H and O–H groups in total. The number of esters is 1. The molecule has 7 heteroatoms. The van der Waals surface area contributed by atoms with Gasteiger partial charge in [0.1, 0.15) is 0 Å². The van der Waals surface area contributed by atoms with E-state index in [9.17, 15) is 18.3 Å². The highest BCUT2D eigenvalue weighted by Gasteiger charge is 2.23. The highest BCUT2D eigenvalue weighted by molar-refractivity contribution is 7.89. The molecule has 96 valence electrons. The number of ether oxygens (including phenoxy) is 1. The number of sulfonamides is 1. The fraction of sp³-hybridized carbons (Fsp3) is 0.889. The van der Waals surface area contributed by atoms with Crippen LogP contribution in [0.5, 0.6) is 0 Å². The second-order valence-electron chi connectivity index (χ2n) is 4.71. The third-order valence-electron chi connectivity index (χ3n) is 1.59. The summed E-state index contributed by atoms with van der Waals surface area (Å²) in [7, 11) is -2.37. The number of carbonyl (C=O) groups excluding carboxylic acids is 1. The summed E-state index contributed by atoms with van der Waals surface area (Å²) < 4.78 is 29.4. The minimum Gasteiger partial charge on any atom is -0.467 e. The Labute approximate surface area is 96.0 Å². The van der Waals surface area contributed by atoms with Crippen molar-refractivity contribution in [2.24, 2.45) is 5.41 Å². The summed E-state index contributed by atoms with van der Waals surface area (Å²) in [5.41, 5.74) is -0.387. The van der Waals surface area contributed by atoms with Gasteiger partial charge in [-0.1, -0.05) is 20.8 Å². The highest BCUT2D eigenvalue weighted by Crippen LogP contribution is 2.15. The van der Waals surface area contributed by atoms with Crippen LogP contribution in [0.3, 0.4) is 0 Å². The molecule has 0 aliphatic rings. The predicted octanol–water partition coefficient (Wildman–Crippen LogP) is -0.514. The second kappa shape index (κ2) is 5.60. The number of hydrogen-bond acceptors (Lipinski definition) is 5. The van der Waals surface area contributed by atoms with E-state index in [1.165, 1.54) is 0 Å². The van der Waals surface area contributed by atoms with E-state index in [1.54, 1.807) is 20.8 Å². The van der Waals surface area contributed by atoms with Crippen LogP contribution in [0.2, 0.25) is 0 Å². The van der Waals surface area contributed by atoms with Crippen LogP contribution in [-0.2, 0) is 19.6 Å². The Bertz CT molecular complexity index is 330. The van der Waals surface area contributed by atoms with Crippen molar-refractivity contribution in [3.8, 4) is 0 Å². The van der Waals surface area contributed by atoms with Gasteiger partial charge in [0.25, 0.3) is 0 Å². The average Bonchev–Trinajstić information content (AvgIpc) is 2.09. The summed E-state index contributed by atoms with van der Waals surface area (Å²) in [6.45, 7) is 4.97. The van der Waals surface area contributed by atoms with Crippen molar-refractivity contribution >= 4 is 16.0 Å². The number of rotatable bonds is 5.